The largest absolute Gasteiger partial charge is 0.417 e. The minimum absolute atomic E-state index is 0.0606. The van der Waals surface area contributed by atoms with Gasteiger partial charge in [0.1, 0.15) is 5.02 Å². The van der Waals surface area contributed by atoms with Gasteiger partial charge in [0, 0.05) is 17.3 Å². The lowest BCUT2D eigenvalue weighted by molar-refractivity contribution is -0.137. The third-order valence-electron chi connectivity index (χ3n) is 3.33. The molecule has 0 radical (unpaired) electrons. The number of thiazole rings is 1. The molecule has 0 bridgehead atoms. The highest BCUT2D eigenvalue weighted by atomic mass is 35.5. The zero-order valence-electron chi connectivity index (χ0n) is 13.2. The lowest BCUT2D eigenvalue weighted by Gasteiger charge is -2.10. The second-order valence-corrected chi connectivity index (χ2v) is 6.89. The summed E-state index contributed by atoms with van der Waals surface area (Å²) in [5, 5.41) is 7.68. The molecule has 3 rings (SSSR count). The summed E-state index contributed by atoms with van der Waals surface area (Å²) >= 11 is 7.57. The number of aryl methyl sites for hydroxylation is 1. The number of aromatic nitrogens is 4. The van der Waals surface area contributed by atoms with Gasteiger partial charge in [0.25, 0.3) is 5.56 Å². The van der Waals surface area contributed by atoms with E-state index in [0.29, 0.717) is 18.4 Å². The SMILES string of the molecule is Cc1ncc(CNc2cnn(-c3ccc(C(F)(F)F)cn3)c(=O)c2Cl)s1. The van der Waals surface area contributed by atoms with Crippen molar-refractivity contribution in [3.05, 3.63) is 61.5 Å². The fourth-order valence-corrected chi connectivity index (χ4v) is 3.00. The van der Waals surface area contributed by atoms with Crippen LogP contribution in [0.3, 0.4) is 0 Å². The molecule has 0 saturated heterocycles. The van der Waals surface area contributed by atoms with E-state index in [-0.39, 0.29) is 10.8 Å². The van der Waals surface area contributed by atoms with Gasteiger partial charge in [0.2, 0.25) is 0 Å². The Balaban J connectivity index is 1.84. The summed E-state index contributed by atoms with van der Waals surface area (Å²) in [6, 6.07) is 1.88. The molecule has 136 valence electrons. The quantitative estimate of drug-likeness (QED) is 0.722. The molecule has 3 aromatic rings. The molecule has 6 nitrogen and oxygen atoms in total. The fourth-order valence-electron chi connectivity index (χ4n) is 2.07. The Morgan fingerprint density at radius 2 is 2.00 bits per heavy atom. The molecule has 0 aliphatic heterocycles. The van der Waals surface area contributed by atoms with Crippen molar-refractivity contribution in [2.45, 2.75) is 19.6 Å². The lowest BCUT2D eigenvalue weighted by atomic mass is 10.3. The monoisotopic (exact) mass is 401 g/mol. The Hall–Kier alpha value is -2.46. The van der Waals surface area contributed by atoms with Gasteiger partial charge in [0.15, 0.2) is 5.82 Å². The number of halogens is 4. The lowest BCUT2D eigenvalue weighted by Crippen LogP contribution is -2.23. The highest BCUT2D eigenvalue weighted by Crippen LogP contribution is 2.28. The van der Waals surface area contributed by atoms with Gasteiger partial charge in [-0.2, -0.15) is 23.0 Å². The van der Waals surface area contributed by atoms with E-state index in [9.17, 15) is 18.0 Å². The van der Waals surface area contributed by atoms with Crippen LogP contribution in [0.15, 0.2) is 35.5 Å². The standard InChI is InChI=1S/C15H11ClF3N5OS/c1-8-20-5-10(26-8)6-21-11-7-23-24(14(25)13(11)16)12-3-2-9(4-22-12)15(17,18)19/h2-5,7,21H,6H2,1H3. The molecule has 0 saturated carbocycles. The fraction of sp³-hybridized carbons (Fsp3) is 0.200. The van der Waals surface area contributed by atoms with E-state index in [1.807, 2.05) is 6.92 Å². The number of pyridine rings is 1. The van der Waals surface area contributed by atoms with Crippen LogP contribution in [-0.2, 0) is 12.7 Å². The van der Waals surface area contributed by atoms with Gasteiger partial charge in [-0.3, -0.25) is 4.79 Å². The topological polar surface area (TPSA) is 72.7 Å². The van der Waals surface area contributed by atoms with E-state index in [1.54, 1.807) is 6.20 Å². The Morgan fingerprint density at radius 3 is 2.58 bits per heavy atom. The van der Waals surface area contributed by atoms with Gasteiger partial charge in [-0.15, -0.1) is 11.3 Å². The molecule has 0 spiro atoms. The maximum atomic E-state index is 12.6. The maximum Gasteiger partial charge on any atom is 0.417 e. The summed E-state index contributed by atoms with van der Waals surface area (Å²) in [5.74, 6) is -0.0606. The van der Waals surface area contributed by atoms with Crippen LogP contribution >= 0.6 is 22.9 Å². The average Bonchev–Trinajstić information content (AvgIpc) is 3.01. The number of alkyl halides is 3. The average molecular weight is 402 g/mol. The molecule has 1 N–H and O–H groups in total. The van der Waals surface area contributed by atoms with Crippen molar-refractivity contribution >= 4 is 28.6 Å². The summed E-state index contributed by atoms with van der Waals surface area (Å²) in [5.41, 5.74) is -1.30. The minimum Gasteiger partial charge on any atom is -0.377 e. The highest BCUT2D eigenvalue weighted by Gasteiger charge is 2.30. The molecule has 3 aromatic heterocycles. The summed E-state index contributed by atoms with van der Waals surface area (Å²) in [7, 11) is 0. The molecule has 26 heavy (non-hydrogen) atoms. The van der Waals surface area contributed by atoms with Crippen molar-refractivity contribution < 1.29 is 13.2 Å². The third-order valence-corrected chi connectivity index (χ3v) is 4.61. The van der Waals surface area contributed by atoms with Crippen molar-refractivity contribution in [3.63, 3.8) is 0 Å². The smallest absolute Gasteiger partial charge is 0.377 e. The second-order valence-electron chi connectivity index (χ2n) is 5.19. The Kier molecular flexibility index (Phi) is 4.97. The highest BCUT2D eigenvalue weighted by molar-refractivity contribution is 7.11. The van der Waals surface area contributed by atoms with Gasteiger partial charge >= 0.3 is 6.18 Å². The van der Waals surface area contributed by atoms with Crippen molar-refractivity contribution in [2.75, 3.05) is 5.32 Å². The van der Waals surface area contributed by atoms with Crippen LogP contribution in [-0.4, -0.2) is 19.7 Å². The Labute approximate surface area is 154 Å². The van der Waals surface area contributed by atoms with Crippen LogP contribution in [0.5, 0.6) is 0 Å². The Bertz CT molecular complexity index is 984. The van der Waals surface area contributed by atoms with Gasteiger partial charge < -0.3 is 5.32 Å². The predicted molar refractivity (Wildman–Crippen MR) is 91.8 cm³/mol. The zero-order chi connectivity index (χ0) is 18.9. The molecule has 0 unspecified atom stereocenters. The van der Waals surface area contributed by atoms with Crippen molar-refractivity contribution in [1.29, 1.82) is 0 Å². The summed E-state index contributed by atoms with van der Waals surface area (Å²) < 4.78 is 38.6. The predicted octanol–water partition coefficient (Wildman–Crippen LogP) is 3.68. The molecule has 0 aliphatic rings. The van der Waals surface area contributed by atoms with E-state index in [2.05, 4.69) is 20.4 Å². The molecule has 0 atom stereocenters. The molecule has 11 heteroatoms. The van der Waals surface area contributed by atoms with Gasteiger partial charge in [-0.1, -0.05) is 11.6 Å². The van der Waals surface area contributed by atoms with Crippen LogP contribution in [0.25, 0.3) is 5.82 Å². The maximum absolute atomic E-state index is 12.6. The van der Waals surface area contributed by atoms with Crippen LogP contribution in [0.2, 0.25) is 5.02 Å². The molecule has 0 aromatic carbocycles. The number of nitrogens with one attached hydrogen (secondary N) is 1. The van der Waals surface area contributed by atoms with E-state index in [4.69, 9.17) is 11.6 Å². The number of hydrogen-bond donors (Lipinski definition) is 1. The summed E-state index contributed by atoms with van der Waals surface area (Å²) in [4.78, 5) is 21.1. The second kappa shape index (κ2) is 7.04. The molecule has 0 amide bonds. The number of rotatable bonds is 4. The summed E-state index contributed by atoms with van der Waals surface area (Å²) in [6.45, 7) is 2.29. The first-order chi connectivity index (χ1) is 12.3. The molecule has 3 heterocycles. The van der Waals surface area contributed by atoms with E-state index in [1.165, 1.54) is 17.5 Å². The van der Waals surface area contributed by atoms with E-state index >= 15 is 0 Å². The number of hydrogen-bond acceptors (Lipinski definition) is 6. The van der Waals surface area contributed by atoms with Gasteiger partial charge in [0.05, 0.1) is 29.0 Å². The van der Waals surface area contributed by atoms with Crippen LogP contribution < -0.4 is 10.9 Å². The molecule has 0 fully saturated rings. The van der Waals surface area contributed by atoms with Crippen molar-refractivity contribution in [3.8, 4) is 5.82 Å². The first-order valence-corrected chi connectivity index (χ1v) is 8.42. The molecule has 0 aliphatic carbocycles. The first-order valence-electron chi connectivity index (χ1n) is 7.22. The van der Waals surface area contributed by atoms with Crippen LogP contribution in [0.4, 0.5) is 18.9 Å². The third kappa shape index (κ3) is 3.86. The van der Waals surface area contributed by atoms with Gasteiger partial charge in [-0.25, -0.2) is 9.97 Å². The Morgan fingerprint density at radius 1 is 1.23 bits per heavy atom. The molecular weight excluding hydrogens is 391 g/mol. The first kappa shape index (κ1) is 18.3. The number of anilines is 1. The summed E-state index contributed by atoms with van der Waals surface area (Å²) in [6.07, 6.45) is -0.849. The van der Waals surface area contributed by atoms with Crippen molar-refractivity contribution in [2.24, 2.45) is 0 Å². The van der Waals surface area contributed by atoms with Gasteiger partial charge in [-0.05, 0) is 19.1 Å². The van der Waals surface area contributed by atoms with Crippen molar-refractivity contribution in [1.82, 2.24) is 19.7 Å². The van der Waals surface area contributed by atoms with E-state index < -0.39 is 17.3 Å². The zero-order valence-corrected chi connectivity index (χ0v) is 14.8. The normalized spacial score (nSPS) is 11.6. The number of nitrogens with zero attached hydrogens (tertiary/aromatic N) is 4. The van der Waals surface area contributed by atoms with Crippen LogP contribution in [0.1, 0.15) is 15.4 Å². The van der Waals surface area contributed by atoms with Crippen LogP contribution in [0, 0.1) is 6.92 Å². The van der Waals surface area contributed by atoms with E-state index in [0.717, 1.165) is 26.7 Å². The molecular formula is C15H11ClF3N5OS. The minimum atomic E-state index is -4.51.